The van der Waals surface area contributed by atoms with E-state index in [2.05, 4.69) is 15.7 Å². The summed E-state index contributed by atoms with van der Waals surface area (Å²) in [5, 5.41) is 10.3. The Morgan fingerprint density at radius 2 is 1.87 bits per heavy atom. The highest BCUT2D eigenvalue weighted by atomic mass is 19.1. The van der Waals surface area contributed by atoms with E-state index in [4.69, 9.17) is 0 Å². The summed E-state index contributed by atoms with van der Waals surface area (Å²) in [6.07, 6.45) is 3.25. The summed E-state index contributed by atoms with van der Waals surface area (Å²) in [5.41, 5.74) is 4.18. The van der Waals surface area contributed by atoms with Crippen LogP contribution in [0.15, 0.2) is 42.6 Å². The molecule has 2 aromatic carbocycles. The lowest BCUT2D eigenvalue weighted by atomic mass is 9.91. The Morgan fingerprint density at radius 1 is 1.10 bits per heavy atom. The maximum absolute atomic E-state index is 14.0. The smallest absolute Gasteiger partial charge is 0.259 e. The summed E-state index contributed by atoms with van der Waals surface area (Å²) in [7, 11) is 0. The average molecular weight is 410 g/mol. The molecule has 1 amide bonds. The quantitative estimate of drug-likeness (QED) is 0.667. The number of anilines is 1. The second-order valence-corrected chi connectivity index (χ2v) is 7.73. The predicted octanol–water partition coefficient (Wildman–Crippen LogP) is 4.49. The molecule has 2 heterocycles. The molecule has 1 aliphatic rings. The van der Waals surface area contributed by atoms with Crippen LogP contribution in [0, 0.1) is 25.5 Å². The average Bonchev–Trinajstić information content (AvgIpc) is 3.18. The first-order valence-corrected chi connectivity index (χ1v) is 10.1. The number of carbonyl (C=O) groups is 1. The van der Waals surface area contributed by atoms with Crippen LogP contribution in [0.5, 0.6) is 0 Å². The maximum atomic E-state index is 14.0. The molecule has 0 radical (unpaired) electrons. The molecule has 1 aromatic heterocycles. The molecule has 3 aromatic rings. The number of carbonyl (C=O) groups excluding carboxylic acids is 1. The van der Waals surface area contributed by atoms with Gasteiger partial charge in [0.15, 0.2) is 0 Å². The molecule has 0 spiro atoms. The molecule has 7 heteroatoms. The second-order valence-electron chi connectivity index (χ2n) is 7.73. The van der Waals surface area contributed by atoms with Crippen molar-refractivity contribution in [2.45, 2.75) is 32.6 Å². The third-order valence-corrected chi connectivity index (χ3v) is 5.69. The summed E-state index contributed by atoms with van der Waals surface area (Å²) in [6.45, 7) is 5.78. The van der Waals surface area contributed by atoms with Crippen LogP contribution in [0.3, 0.4) is 0 Å². The first kappa shape index (κ1) is 20.2. The van der Waals surface area contributed by atoms with Gasteiger partial charge in [-0.05, 0) is 75.2 Å². The summed E-state index contributed by atoms with van der Waals surface area (Å²) in [5.74, 6) is -1.66. The number of benzene rings is 2. The Kier molecular flexibility index (Phi) is 5.63. The molecule has 156 valence electrons. The Hall–Kier alpha value is -3.06. The van der Waals surface area contributed by atoms with Gasteiger partial charge in [-0.25, -0.2) is 13.5 Å². The largest absolute Gasteiger partial charge is 0.319 e. The predicted molar refractivity (Wildman–Crippen MR) is 112 cm³/mol. The summed E-state index contributed by atoms with van der Waals surface area (Å²) < 4.78 is 29.4. The van der Waals surface area contributed by atoms with Gasteiger partial charge >= 0.3 is 0 Å². The number of hydrogen-bond acceptors (Lipinski definition) is 3. The van der Waals surface area contributed by atoms with Crippen LogP contribution in [0.25, 0.3) is 5.69 Å². The molecule has 0 aliphatic carbocycles. The van der Waals surface area contributed by atoms with Crippen molar-refractivity contribution in [3.05, 3.63) is 76.6 Å². The molecule has 30 heavy (non-hydrogen) atoms. The van der Waals surface area contributed by atoms with Crippen molar-refractivity contribution >= 4 is 11.6 Å². The fourth-order valence-electron chi connectivity index (χ4n) is 3.87. The number of hydrogen-bond donors (Lipinski definition) is 2. The van der Waals surface area contributed by atoms with Gasteiger partial charge in [-0.3, -0.25) is 4.79 Å². The third-order valence-electron chi connectivity index (χ3n) is 5.69. The molecular formula is C23H24F2N4O. The summed E-state index contributed by atoms with van der Waals surface area (Å²) in [6, 6.07) is 9.04. The van der Waals surface area contributed by atoms with Gasteiger partial charge in [0.2, 0.25) is 0 Å². The normalized spacial score (nSPS) is 14.7. The minimum absolute atomic E-state index is 0.133. The zero-order chi connectivity index (χ0) is 21.3. The van der Waals surface area contributed by atoms with Crippen LogP contribution in [-0.2, 0) is 0 Å². The molecule has 0 atom stereocenters. The number of nitrogens with zero attached hydrogens (tertiary/aromatic N) is 2. The van der Waals surface area contributed by atoms with Gasteiger partial charge in [0.1, 0.15) is 11.6 Å². The molecule has 4 rings (SSSR count). The lowest BCUT2D eigenvalue weighted by Gasteiger charge is -2.25. The molecule has 1 fully saturated rings. The van der Waals surface area contributed by atoms with E-state index in [0.717, 1.165) is 61.1 Å². The first-order valence-electron chi connectivity index (χ1n) is 10.1. The van der Waals surface area contributed by atoms with Crippen molar-refractivity contribution < 1.29 is 13.6 Å². The minimum atomic E-state index is -0.685. The minimum Gasteiger partial charge on any atom is -0.319 e. The Labute approximate surface area is 174 Å². The van der Waals surface area contributed by atoms with E-state index >= 15 is 0 Å². The van der Waals surface area contributed by atoms with Crippen molar-refractivity contribution in [3.8, 4) is 5.69 Å². The van der Waals surface area contributed by atoms with E-state index in [1.54, 1.807) is 4.68 Å². The van der Waals surface area contributed by atoms with Crippen LogP contribution in [0.2, 0.25) is 0 Å². The van der Waals surface area contributed by atoms with Crippen LogP contribution in [0.4, 0.5) is 14.5 Å². The van der Waals surface area contributed by atoms with E-state index in [1.165, 1.54) is 11.8 Å². The molecule has 2 N–H and O–H groups in total. The van der Waals surface area contributed by atoms with E-state index in [-0.39, 0.29) is 11.6 Å². The third kappa shape index (κ3) is 3.98. The molecule has 1 saturated heterocycles. The van der Waals surface area contributed by atoms with E-state index < -0.39 is 17.5 Å². The number of aromatic nitrogens is 2. The molecule has 5 nitrogen and oxygen atoms in total. The highest BCUT2D eigenvalue weighted by Crippen LogP contribution is 2.31. The Balaban J connectivity index is 1.75. The molecule has 0 saturated carbocycles. The van der Waals surface area contributed by atoms with Crippen molar-refractivity contribution in [1.29, 1.82) is 0 Å². The topological polar surface area (TPSA) is 59.0 Å². The summed E-state index contributed by atoms with van der Waals surface area (Å²) >= 11 is 0. The summed E-state index contributed by atoms with van der Waals surface area (Å²) in [4.78, 5) is 13.0. The Morgan fingerprint density at radius 3 is 2.60 bits per heavy atom. The fourth-order valence-corrected chi connectivity index (χ4v) is 3.87. The number of piperidine rings is 1. The molecule has 1 aliphatic heterocycles. The highest BCUT2D eigenvalue weighted by molar-refractivity contribution is 6.05. The highest BCUT2D eigenvalue weighted by Gasteiger charge is 2.27. The van der Waals surface area contributed by atoms with Gasteiger partial charge in [0, 0.05) is 12.0 Å². The van der Waals surface area contributed by atoms with Crippen LogP contribution < -0.4 is 10.6 Å². The number of rotatable bonds is 4. The molecule has 0 unspecified atom stereocenters. The fraction of sp³-hybridized carbons (Fsp3) is 0.304. The van der Waals surface area contributed by atoms with Gasteiger partial charge in [0.05, 0.1) is 28.8 Å². The van der Waals surface area contributed by atoms with Crippen LogP contribution >= 0.6 is 0 Å². The second kappa shape index (κ2) is 8.36. The zero-order valence-corrected chi connectivity index (χ0v) is 17.0. The van der Waals surface area contributed by atoms with Crippen molar-refractivity contribution in [3.63, 3.8) is 0 Å². The number of amides is 1. The van der Waals surface area contributed by atoms with Gasteiger partial charge < -0.3 is 10.6 Å². The molecular weight excluding hydrogens is 386 g/mol. The van der Waals surface area contributed by atoms with Gasteiger partial charge in [-0.2, -0.15) is 5.10 Å². The standard InChI is InChI=1S/C23H24F2N4O/c1-14-3-5-18(11-15(14)2)29-22(16-7-9-26-10-8-16)19(13-27-29)23(30)28-21-12-17(24)4-6-20(21)25/h3-6,11-13,16,26H,7-10H2,1-2H3,(H,28,30). The van der Waals surface area contributed by atoms with E-state index in [0.29, 0.717) is 5.56 Å². The number of nitrogens with one attached hydrogen (secondary N) is 2. The maximum Gasteiger partial charge on any atom is 0.259 e. The molecule has 0 bridgehead atoms. The van der Waals surface area contributed by atoms with E-state index in [1.807, 2.05) is 32.0 Å². The van der Waals surface area contributed by atoms with Crippen molar-refractivity contribution in [2.75, 3.05) is 18.4 Å². The van der Waals surface area contributed by atoms with Crippen molar-refractivity contribution in [1.82, 2.24) is 15.1 Å². The first-order chi connectivity index (χ1) is 14.4. The van der Waals surface area contributed by atoms with Crippen molar-refractivity contribution in [2.24, 2.45) is 0 Å². The number of halogens is 2. The monoisotopic (exact) mass is 410 g/mol. The van der Waals surface area contributed by atoms with E-state index in [9.17, 15) is 13.6 Å². The van der Waals surface area contributed by atoms with Gasteiger partial charge in [0.25, 0.3) is 5.91 Å². The lowest BCUT2D eigenvalue weighted by molar-refractivity contribution is 0.102. The van der Waals surface area contributed by atoms with Crippen LogP contribution in [-0.4, -0.2) is 28.8 Å². The Bertz CT molecular complexity index is 1090. The van der Waals surface area contributed by atoms with Gasteiger partial charge in [-0.15, -0.1) is 0 Å². The van der Waals surface area contributed by atoms with Crippen LogP contribution in [0.1, 0.15) is 45.9 Å². The lowest BCUT2D eigenvalue weighted by Crippen LogP contribution is -2.29. The van der Waals surface area contributed by atoms with Gasteiger partial charge in [-0.1, -0.05) is 6.07 Å². The number of aryl methyl sites for hydroxylation is 2. The zero-order valence-electron chi connectivity index (χ0n) is 17.0. The SMILES string of the molecule is Cc1ccc(-n2ncc(C(=O)Nc3cc(F)ccc3F)c2C2CCNCC2)cc1C.